The fourth-order valence-electron chi connectivity index (χ4n) is 5.05. The average molecular weight is 664 g/mol. The van der Waals surface area contributed by atoms with Crippen molar-refractivity contribution in [1.82, 2.24) is 24.5 Å². The maximum Gasteiger partial charge on any atom is 0.192 e. The Morgan fingerprint density at radius 1 is 1.00 bits per heavy atom. The van der Waals surface area contributed by atoms with E-state index < -0.39 is 24.8 Å². The first-order chi connectivity index (χ1) is 21.6. The fourth-order valence-corrected chi connectivity index (χ4v) is 6.96. The number of nitrogens with one attached hydrogen (secondary N) is 1. The second kappa shape index (κ2) is 13.3. The van der Waals surface area contributed by atoms with Crippen LogP contribution < -0.4 is 9.46 Å². The topological polar surface area (TPSA) is 100 Å². The van der Waals surface area contributed by atoms with Gasteiger partial charge in [0.1, 0.15) is 12.4 Å². The Balaban J connectivity index is 1.53. The van der Waals surface area contributed by atoms with Gasteiger partial charge in [0, 0.05) is 12.7 Å². The van der Waals surface area contributed by atoms with Crippen molar-refractivity contribution in [3.05, 3.63) is 66.1 Å². The molecule has 1 fully saturated rings. The van der Waals surface area contributed by atoms with Crippen molar-refractivity contribution in [2.75, 3.05) is 20.3 Å². The van der Waals surface area contributed by atoms with Gasteiger partial charge in [-0.1, -0.05) is 32.9 Å². The van der Waals surface area contributed by atoms with Gasteiger partial charge in [0.2, 0.25) is 0 Å². The summed E-state index contributed by atoms with van der Waals surface area (Å²) in [7, 11) is -1.49. The van der Waals surface area contributed by atoms with Gasteiger partial charge in [0.05, 0.1) is 68.7 Å². The zero-order chi connectivity index (χ0) is 33.3. The first-order valence-electron chi connectivity index (χ1n) is 16.0. The summed E-state index contributed by atoms with van der Waals surface area (Å²) in [6.07, 6.45) is 4.67. The van der Waals surface area contributed by atoms with Gasteiger partial charge < -0.3 is 13.9 Å². The van der Waals surface area contributed by atoms with Crippen LogP contribution in [0.1, 0.15) is 72.2 Å². The fraction of sp³-hybridized carbons (Fsp3) is 0.514. The molecule has 11 heteroatoms. The molecule has 1 unspecified atom stereocenters. The van der Waals surface area contributed by atoms with Gasteiger partial charge in [0.25, 0.3) is 0 Å². The molecule has 0 aliphatic heterocycles. The van der Waals surface area contributed by atoms with Gasteiger partial charge in [-0.3, -0.25) is 4.98 Å². The molecule has 1 aromatic carbocycles. The van der Waals surface area contributed by atoms with E-state index in [1.54, 1.807) is 7.11 Å². The zero-order valence-corrected chi connectivity index (χ0v) is 30.6. The molecule has 5 rings (SSSR count). The summed E-state index contributed by atoms with van der Waals surface area (Å²) in [5.74, 6) is 1.40. The van der Waals surface area contributed by atoms with Crippen LogP contribution in [0.15, 0.2) is 54.7 Å². The number of aromatic nitrogens is 4. The molecular formula is C35H49N5O4SSi. The molecule has 1 aliphatic carbocycles. The van der Waals surface area contributed by atoms with E-state index >= 15 is 0 Å². The van der Waals surface area contributed by atoms with E-state index in [2.05, 4.69) is 44.7 Å². The molecule has 248 valence electrons. The first kappa shape index (κ1) is 34.4. The SMILES string of the molecule is COCCOc1cc(-c2cccc(C3(NS(=O)C(C)(C)C)CCC3)n2)cc2c1cnn2-c1cccc(CO[Si](C)(C)C(C)(C)C)n1. The average Bonchev–Trinajstić information content (AvgIpc) is 3.41. The van der Waals surface area contributed by atoms with E-state index in [9.17, 15) is 4.21 Å². The molecule has 4 aromatic rings. The normalized spacial score (nSPS) is 15.9. The maximum absolute atomic E-state index is 13.1. The monoisotopic (exact) mass is 663 g/mol. The first-order valence-corrected chi connectivity index (χ1v) is 20.1. The number of methoxy groups -OCH3 is 1. The van der Waals surface area contributed by atoms with Crippen LogP contribution in [-0.2, 0) is 32.3 Å². The van der Waals surface area contributed by atoms with Gasteiger partial charge in [-0.15, -0.1) is 0 Å². The van der Waals surface area contributed by atoms with E-state index in [1.807, 2.05) is 74.1 Å². The van der Waals surface area contributed by atoms with Crippen LogP contribution in [0, 0.1) is 0 Å². The lowest BCUT2D eigenvalue weighted by molar-refractivity contribution is 0.147. The Labute approximate surface area is 277 Å². The van der Waals surface area contributed by atoms with Crippen molar-refractivity contribution in [1.29, 1.82) is 0 Å². The Morgan fingerprint density at radius 2 is 1.74 bits per heavy atom. The Hall–Kier alpha value is -2.96. The third-order valence-electron chi connectivity index (χ3n) is 9.18. The van der Waals surface area contributed by atoms with Crippen molar-refractivity contribution < 1.29 is 18.1 Å². The minimum absolute atomic E-state index is 0.113. The minimum Gasteiger partial charge on any atom is -0.490 e. The zero-order valence-electron chi connectivity index (χ0n) is 28.8. The molecule has 0 amide bonds. The number of hydrogen-bond donors (Lipinski definition) is 1. The molecule has 1 saturated carbocycles. The highest BCUT2D eigenvalue weighted by molar-refractivity contribution is 7.84. The number of fused-ring (bicyclic) bond motifs is 1. The van der Waals surface area contributed by atoms with Gasteiger partial charge >= 0.3 is 0 Å². The highest BCUT2D eigenvalue weighted by Crippen LogP contribution is 2.42. The second-order valence-corrected chi connectivity index (χ2v) is 21.4. The third kappa shape index (κ3) is 7.28. The van der Waals surface area contributed by atoms with E-state index in [0.717, 1.165) is 52.8 Å². The highest BCUT2D eigenvalue weighted by Gasteiger charge is 2.43. The van der Waals surface area contributed by atoms with E-state index in [4.69, 9.17) is 29.0 Å². The van der Waals surface area contributed by atoms with Gasteiger partial charge in [-0.05, 0) is 94.6 Å². The molecule has 3 aromatic heterocycles. The standard InChI is InChI=1S/C35H49N5O4SSi/c1-33(2,3)45(41)39-35(17-12-18-35)31-15-11-14-28(38-31)25-21-29-27(30(22-25)43-20-19-42-7)23-36-40(29)32-16-10-13-26(37-32)24-44-46(8,9)34(4,5)6/h10-11,13-16,21-23,39H,12,17-20,24H2,1-9H3. The molecule has 0 bridgehead atoms. The smallest absolute Gasteiger partial charge is 0.192 e. The van der Waals surface area contributed by atoms with E-state index in [-0.39, 0.29) is 9.79 Å². The Bertz CT molecular complexity index is 1710. The van der Waals surface area contributed by atoms with E-state index in [0.29, 0.717) is 31.4 Å². The van der Waals surface area contributed by atoms with Crippen molar-refractivity contribution >= 4 is 30.2 Å². The number of rotatable bonds is 12. The molecule has 1 N–H and O–H groups in total. The Kier molecular flexibility index (Phi) is 9.92. The maximum atomic E-state index is 13.1. The second-order valence-electron chi connectivity index (χ2n) is 14.7. The number of nitrogens with zero attached hydrogens (tertiary/aromatic N) is 4. The lowest BCUT2D eigenvalue weighted by Crippen LogP contribution is -2.52. The van der Waals surface area contributed by atoms with Gasteiger partial charge in [-0.25, -0.2) is 18.6 Å². The molecular weight excluding hydrogens is 615 g/mol. The summed E-state index contributed by atoms with van der Waals surface area (Å²) in [6, 6.07) is 16.1. The quantitative estimate of drug-likeness (QED) is 0.124. The van der Waals surface area contributed by atoms with Crippen LogP contribution in [-0.4, -0.2) is 57.3 Å². The number of pyridine rings is 2. The molecule has 46 heavy (non-hydrogen) atoms. The molecule has 9 nitrogen and oxygen atoms in total. The summed E-state index contributed by atoms with van der Waals surface area (Å²) >= 11 is 0. The molecule has 1 aliphatic rings. The van der Waals surface area contributed by atoms with E-state index in [1.165, 1.54) is 0 Å². The summed E-state index contributed by atoms with van der Waals surface area (Å²) < 4.78 is 36.0. The highest BCUT2D eigenvalue weighted by atomic mass is 32.2. The number of benzene rings is 1. The lowest BCUT2D eigenvalue weighted by Gasteiger charge is -2.43. The largest absolute Gasteiger partial charge is 0.490 e. The van der Waals surface area contributed by atoms with Crippen LogP contribution in [0.25, 0.3) is 28.0 Å². The van der Waals surface area contributed by atoms with Crippen LogP contribution >= 0.6 is 0 Å². The molecule has 0 saturated heterocycles. The summed E-state index contributed by atoms with van der Waals surface area (Å²) in [6.45, 7) is 18.5. The summed E-state index contributed by atoms with van der Waals surface area (Å²) in [5, 5.41) is 5.75. The van der Waals surface area contributed by atoms with Crippen molar-refractivity contribution in [2.45, 2.75) is 95.8 Å². The number of ether oxygens (including phenoxy) is 2. The van der Waals surface area contributed by atoms with Crippen molar-refractivity contribution in [3.63, 3.8) is 0 Å². The van der Waals surface area contributed by atoms with Crippen LogP contribution in [0.3, 0.4) is 0 Å². The van der Waals surface area contributed by atoms with Crippen LogP contribution in [0.2, 0.25) is 18.1 Å². The third-order valence-corrected chi connectivity index (χ3v) is 15.3. The molecule has 0 radical (unpaired) electrons. The number of hydrogen-bond acceptors (Lipinski definition) is 7. The predicted molar refractivity (Wildman–Crippen MR) is 188 cm³/mol. The van der Waals surface area contributed by atoms with Gasteiger partial charge in [-0.2, -0.15) is 5.10 Å². The van der Waals surface area contributed by atoms with Crippen molar-refractivity contribution in [3.8, 4) is 22.8 Å². The van der Waals surface area contributed by atoms with Gasteiger partial charge in [0.15, 0.2) is 14.1 Å². The summed E-state index contributed by atoms with van der Waals surface area (Å²) in [5.41, 5.74) is 3.92. The summed E-state index contributed by atoms with van der Waals surface area (Å²) in [4.78, 5) is 10.1. The molecule has 1 atom stereocenters. The Morgan fingerprint density at radius 3 is 2.39 bits per heavy atom. The molecule has 3 heterocycles. The van der Waals surface area contributed by atoms with Crippen molar-refractivity contribution in [2.24, 2.45) is 0 Å². The minimum atomic E-state index is -1.94. The lowest BCUT2D eigenvalue weighted by atomic mass is 9.75. The van der Waals surface area contributed by atoms with Crippen LogP contribution in [0.5, 0.6) is 5.75 Å². The predicted octanol–water partition coefficient (Wildman–Crippen LogP) is 7.46. The van der Waals surface area contributed by atoms with Crippen LogP contribution in [0.4, 0.5) is 0 Å². The molecule has 0 spiro atoms.